The third kappa shape index (κ3) is 4.79. The SMILES string of the molecule is CSC(=S)OC(c1ccc(C(F)(F)F)nc1)c1ccc(Cl)cn1. The third-order valence-corrected chi connectivity index (χ3v) is 4.03. The molecule has 3 nitrogen and oxygen atoms in total. The molecular formula is C14H10ClF3N2OS2. The highest BCUT2D eigenvalue weighted by atomic mass is 35.5. The molecule has 23 heavy (non-hydrogen) atoms. The van der Waals surface area contributed by atoms with Crippen LogP contribution in [0.5, 0.6) is 0 Å². The fraction of sp³-hybridized carbons (Fsp3) is 0.214. The lowest BCUT2D eigenvalue weighted by Crippen LogP contribution is -2.13. The number of halogens is 4. The summed E-state index contributed by atoms with van der Waals surface area (Å²) in [4.78, 5) is 7.58. The predicted octanol–water partition coefficient (Wildman–Crippen LogP) is 4.90. The number of hydrogen-bond donors (Lipinski definition) is 0. The Hall–Kier alpha value is -1.38. The molecule has 0 aromatic carbocycles. The van der Waals surface area contributed by atoms with Gasteiger partial charge in [-0.05, 0) is 36.7 Å². The van der Waals surface area contributed by atoms with Crippen LogP contribution in [0, 0.1) is 0 Å². The van der Waals surface area contributed by atoms with Crippen molar-refractivity contribution >= 4 is 40.0 Å². The van der Waals surface area contributed by atoms with Gasteiger partial charge < -0.3 is 4.74 Å². The number of thioether (sulfide) groups is 1. The lowest BCUT2D eigenvalue weighted by atomic mass is 10.1. The van der Waals surface area contributed by atoms with Gasteiger partial charge in [-0.3, -0.25) is 9.97 Å². The summed E-state index contributed by atoms with van der Waals surface area (Å²) in [5, 5.41) is 0.436. The van der Waals surface area contributed by atoms with E-state index in [-0.39, 0.29) is 4.38 Å². The summed E-state index contributed by atoms with van der Waals surface area (Å²) in [6, 6.07) is 5.41. The van der Waals surface area contributed by atoms with E-state index in [1.807, 2.05) is 0 Å². The van der Waals surface area contributed by atoms with Crippen LogP contribution in [-0.2, 0) is 10.9 Å². The standard InChI is InChI=1S/C14H10ClF3N2OS2/c1-23-13(22)21-12(10-4-3-9(15)7-19-10)8-2-5-11(20-6-8)14(16,17)18/h2-7,12H,1H3. The Morgan fingerprint density at radius 1 is 1.22 bits per heavy atom. The molecule has 2 rings (SSSR count). The average Bonchev–Trinajstić information content (AvgIpc) is 2.52. The predicted molar refractivity (Wildman–Crippen MR) is 87.5 cm³/mol. The Morgan fingerprint density at radius 3 is 2.43 bits per heavy atom. The van der Waals surface area contributed by atoms with Crippen LogP contribution >= 0.6 is 35.6 Å². The monoisotopic (exact) mass is 378 g/mol. The normalized spacial score (nSPS) is 12.7. The Morgan fingerprint density at radius 2 is 1.96 bits per heavy atom. The van der Waals surface area contributed by atoms with Crippen molar-refractivity contribution in [3.05, 3.63) is 58.6 Å². The third-order valence-electron chi connectivity index (χ3n) is 2.78. The van der Waals surface area contributed by atoms with Crippen molar-refractivity contribution in [3.63, 3.8) is 0 Å². The minimum atomic E-state index is -4.50. The molecule has 0 spiro atoms. The van der Waals surface area contributed by atoms with Crippen molar-refractivity contribution in [2.45, 2.75) is 12.3 Å². The quantitative estimate of drug-likeness (QED) is 0.709. The van der Waals surface area contributed by atoms with Crippen LogP contribution < -0.4 is 0 Å². The zero-order valence-electron chi connectivity index (χ0n) is 11.7. The molecule has 0 saturated carbocycles. The maximum absolute atomic E-state index is 12.6. The van der Waals surface area contributed by atoms with Gasteiger partial charge in [0.25, 0.3) is 0 Å². The molecule has 9 heteroatoms. The molecule has 1 atom stereocenters. The molecule has 0 aliphatic rings. The average molecular weight is 379 g/mol. The van der Waals surface area contributed by atoms with Gasteiger partial charge >= 0.3 is 6.18 Å². The number of aromatic nitrogens is 2. The molecule has 0 saturated heterocycles. The van der Waals surface area contributed by atoms with Crippen LogP contribution in [0.1, 0.15) is 23.1 Å². The van der Waals surface area contributed by atoms with Gasteiger partial charge in [0.15, 0.2) is 6.10 Å². The molecule has 0 aliphatic heterocycles. The van der Waals surface area contributed by atoms with Gasteiger partial charge in [-0.2, -0.15) is 13.2 Å². The molecule has 122 valence electrons. The summed E-state index contributed by atoms with van der Waals surface area (Å²) < 4.78 is 43.7. The molecule has 1 unspecified atom stereocenters. The van der Waals surface area contributed by atoms with E-state index < -0.39 is 18.0 Å². The Labute approximate surface area is 145 Å². The maximum atomic E-state index is 12.6. The van der Waals surface area contributed by atoms with Gasteiger partial charge in [-0.1, -0.05) is 29.4 Å². The van der Waals surface area contributed by atoms with Crippen molar-refractivity contribution < 1.29 is 17.9 Å². The summed E-state index contributed by atoms with van der Waals surface area (Å²) >= 11 is 12.0. The van der Waals surface area contributed by atoms with Crippen molar-refractivity contribution in [3.8, 4) is 0 Å². The number of alkyl halides is 3. The van der Waals surface area contributed by atoms with E-state index in [0.29, 0.717) is 16.3 Å². The maximum Gasteiger partial charge on any atom is 0.433 e. The van der Waals surface area contributed by atoms with Gasteiger partial charge in [-0.25, -0.2) is 0 Å². The van der Waals surface area contributed by atoms with E-state index in [1.165, 1.54) is 24.0 Å². The second-order valence-corrected chi connectivity index (χ2v) is 6.17. The molecule has 0 radical (unpaired) electrons. The van der Waals surface area contributed by atoms with Gasteiger partial charge in [0.1, 0.15) is 5.69 Å². The van der Waals surface area contributed by atoms with E-state index >= 15 is 0 Å². The molecule has 0 bridgehead atoms. The molecule has 0 fully saturated rings. The number of hydrogen-bond acceptors (Lipinski definition) is 5. The highest BCUT2D eigenvalue weighted by Gasteiger charge is 2.32. The first-order valence-corrected chi connectivity index (χ1v) is 8.21. The van der Waals surface area contributed by atoms with Gasteiger partial charge in [-0.15, -0.1) is 0 Å². The summed E-state index contributed by atoms with van der Waals surface area (Å²) in [5.74, 6) is 0. The number of pyridine rings is 2. The van der Waals surface area contributed by atoms with Crippen LogP contribution in [-0.4, -0.2) is 20.6 Å². The summed E-state index contributed by atoms with van der Waals surface area (Å²) in [6.07, 6.45) is -0.997. The summed E-state index contributed by atoms with van der Waals surface area (Å²) in [5.41, 5.74) is -0.104. The topological polar surface area (TPSA) is 35.0 Å². The van der Waals surface area contributed by atoms with Crippen molar-refractivity contribution in [2.75, 3.05) is 6.26 Å². The second kappa shape index (κ2) is 7.46. The van der Waals surface area contributed by atoms with Gasteiger partial charge in [0.2, 0.25) is 4.38 Å². The van der Waals surface area contributed by atoms with Crippen molar-refractivity contribution in [1.29, 1.82) is 0 Å². The Kier molecular flexibility index (Phi) is 5.83. The first kappa shape index (κ1) is 18.0. The number of ether oxygens (including phenoxy) is 1. The molecule has 0 amide bonds. The zero-order valence-corrected chi connectivity index (χ0v) is 14.1. The van der Waals surface area contributed by atoms with Crippen LogP contribution in [0.15, 0.2) is 36.7 Å². The van der Waals surface area contributed by atoms with Crippen LogP contribution in [0.2, 0.25) is 5.02 Å². The lowest BCUT2D eigenvalue weighted by molar-refractivity contribution is -0.141. The van der Waals surface area contributed by atoms with Crippen LogP contribution in [0.25, 0.3) is 0 Å². The van der Waals surface area contributed by atoms with Crippen LogP contribution in [0.4, 0.5) is 13.2 Å². The Bertz CT molecular complexity index is 678. The first-order chi connectivity index (χ1) is 10.8. The highest BCUT2D eigenvalue weighted by Crippen LogP contribution is 2.31. The molecule has 2 aromatic heterocycles. The first-order valence-electron chi connectivity index (χ1n) is 6.20. The largest absolute Gasteiger partial charge is 0.464 e. The summed E-state index contributed by atoms with van der Waals surface area (Å²) in [7, 11) is 0. The van der Waals surface area contributed by atoms with Gasteiger partial charge in [0.05, 0.1) is 10.7 Å². The molecule has 2 aromatic rings. The summed E-state index contributed by atoms with van der Waals surface area (Å²) in [6.45, 7) is 0. The van der Waals surface area contributed by atoms with E-state index in [9.17, 15) is 13.2 Å². The minimum absolute atomic E-state index is 0.242. The van der Waals surface area contributed by atoms with E-state index in [4.69, 9.17) is 28.6 Å². The van der Waals surface area contributed by atoms with Crippen LogP contribution in [0.3, 0.4) is 0 Å². The molecule has 0 N–H and O–H groups in total. The number of thiocarbonyl (C=S) groups is 1. The molecular weight excluding hydrogens is 369 g/mol. The minimum Gasteiger partial charge on any atom is -0.464 e. The number of nitrogens with zero attached hydrogens (tertiary/aromatic N) is 2. The smallest absolute Gasteiger partial charge is 0.433 e. The van der Waals surface area contributed by atoms with Crippen molar-refractivity contribution in [2.24, 2.45) is 0 Å². The highest BCUT2D eigenvalue weighted by molar-refractivity contribution is 8.22. The Balaban J connectivity index is 2.37. The van der Waals surface area contributed by atoms with E-state index in [0.717, 1.165) is 12.3 Å². The lowest BCUT2D eigenvalue weighted by Gasteiger charge is -2.19. The fourth-order valence-corrected chi connectivity index (χ4v) is 2.11. The van der Waals surface area contributed by atoms with E-state index in [2.05, 4.69) is 9.97 Å². The van der Waals surface area contributed by atoms with E-state index in [1.54, 1.807) is 18.4 Å². The molecule has 0 aliphatic carbocycles. The second-order valence-electron chi connectivity index (χ2n) is 4.33. The van der Waals surface area contributed by atoms with Crippen molar-refractivity contribution in [1.82, 2.24) is 9.97 Å². The van der Waals surface area contributed by atoms with Gasteiger partial charge in [0, 0.05) is 18.0 Å². The molecule has 2 heterocycles. The fourth-order valence-electron chi connectivity index (χ4n) is 1.71. The zero-order chi connectivity index (χ0) is 17.0. The number of rotatable bonds is 3.